The molecule has 0 saturated heterocycles. The van der Waals surface area contributed by atoms with Crippen LogP contribution >= 0.6 is 0 Å². The number of carbonyl (C=O) groups excluding carboxylic acids is 1. The van der Waals surface area contributed by atoms with Gasteiger partial charge in [0.2, 0.25) is 0 Å². The Morgan fingerprint density at radius 1 is 1.39 bits per heavy atom. The summed E-state index contributed by atoms with van der Waals surface area (Å²) < 4.78 is 0. The molecular formula is C13H24N2O3. The highest BCUT2D eigenvalue weighted by molar-refractivity contribution is 5.82. The Bertz CT molecular complexity index is 303. The minimum Gasteiger partial charge on any atom is -0.480 e. The van der Waals surface area contributed by atoms with Gasteiger partial charge in [0.05, 0.1) is 0 Å². The molecule has 1 rings (SSSR count). The molecule has 104 valence electrons. The minimum atomic E-state index is -0.958. The van der Waals surface area contributed by atoms with Crippen LogP contribution in [0.5, 0.6) is 0 Å². The third-order valence-electron chi connectivity index (χ3n) is 3.60. The molecule has 1 unspecified atom stereocenters. The number of carbonyl (C=O) groups is 2. The summed E-state index contributed by atoms with van der Waals surface area (Å²) in [5, 5.41) is 11.8. The van der Waals surface area contributed by atoms with Crippen LogP contribution in [0.2, 0.25) is 0 Å². The summed E-state index contributed by atoms with van der Waals surface area (Å²) >= 11 is 0. The number of nitrogens with one attached hydrogen (secondary N) is 1. The van der Waals surface area contributed by atoms with Crippen LogP contribution in [0.25, 0.3) is 0 Å². The van der Waals surface area contributed by atoms with E-state index in [1.807, 2.05) is 20.8 Å². The monoisotopic (exact) mass is 256 g/mol. The molecule has 1 fully saturated rings. The molecule has 0 radical (unpaired) electrons. The van der Waals surface area contributed by atoms with Crippen molar-refractivity contribution in [2.24, 2.45) is 11.8 Å². The van der Waals surface area contributed by atoms with Crippen molar-refractivity contribution in [3.05, 3.63) is 0 Å². The fourth-order valence-corrected chi connectivity index (χ4v) is 1.88. The van der Waals surface area contributed by atoms with Crippen molar-refractivity contribution >= 4 is 12.0 Å². The quantitative estimate of drug-likeness (QED) is 0.731. The van der Waals surface area contributed by atoms with Gasteiger partial charge in [0.25, 0.3) is 0 Å². The van der Waals surface area contributed by atoms with Gasteiger partial charge in [-0.25, -0.2) is 9.59 Å². The minimum absolute atomic E-state index is 0.0638. The molecule has 1 aliphatic carbocycles. The van der Waals surface area contributed by atoms with E-state index in [9.17, 15) is 9.59 Å². The predicted molar refractivity (Wildman–Crippen MR) is 69.4 cm³/mol. The molecule has 2 amide bonds. The largest absolute Gasteiger partial charge is 0.480 e. The van der Waals surface area contributed by atoms with Gasteiger partial charge in [0, 0.05) is 13.1 Å². The zero-order chi connectivity index (χ0) is 13.7. The second-order valence-electron chi connectivity index (χ2n) is 5.13. The van der Waals surface area contributed by atoms with E-state index in [1.165, 1.54) is 12.8 Å². The topological polar surface area (TPSA) is 69.6 Å². The molecule has 0 spiro atoms. The van der Waals surface area contributed by atoms with Gasteiger partial charge >= 0.3 is 12.0 Å². The number of hydrogen-bond donors (Lipinski definition) is 2. The van der Waals surface area contributed by atoms with Crippen molar-refractivity contribution < 1.29 is 14.7 Å². The van der Waals surface area contributed by atoms with Crippen molar-refractivity contribution in [2.45, 2.75) is 46.1 Å². The van der Waals surface area contributed by atoms with Crippen LogP contribution in [0.1, 0.15) is 40.0 Å². The predicted octanol–water partition coefficient (Wildman–Crippen LogP) is 1.93. The Morgan fingerprint density at radius 3 is 2.39 bits per heavy atom. The molecule has 0 aromatic carbocycles. The zero-order valence-corrected chi connectivity index (χ0v) is 11.5. The lowest BCUT2D eigenvalue weighted by molar-refractivity contribution is -0.140. The van der Waals surface area contributed by atoms with E-state index in [-0.39, 0.29) is 11.9 Å². The van der Waals surface area contributed by atoms with E-state index in [4.69, 9.17) is 5.11 Å². The standard InChI is InChI=1S/C13H24N2O3/c1-4-9(3)11(12(16)17)14-13(18)15(5-2)8-10-6-7-10/h9-11H,4-8H2,1-3H3,(H,14,18)(H,16,17)/t9?,11-/m0/s1. The van der Waals surface area contributed by atoms with E-state index in [0.29, 0.717) is 12.5 Å². The Hall–Kier alpha value is -1.26. The number of carboxylic acid groups (broad SMARTS) is 1. The number of aliphatic carboxylic acids is 1. The van der Waals surface area contributed by atoms with Gasteiger partial charge < -0.3 is 15.3 Å². The van der Waals surface area contributed by atoms with Crippen molar-refractivity contribution in [1.82, 2.24) is 10.2 Å². The van der Waals surface area contributed by atoms with Crippen molar-refractivity contribution in [3.63, 3.8) is 0 Å². The number of nitrogens with zero attached hydrogens (tertiary/aromatic N) is 1. The molecule has 5 heteroatoms. The summed E-state index contributed by atoms with van der Waals surface area (Å²) in [4.78, 5) is 24.9. The van der Waals surface area contributed by atoms with Crippen LogP contribution in [0.4, 0.5) is 4.79 Å². The summed E-state index contributed by atoms with van der Waals surface area (Å²) in [6.07, 6.45) is 3.08. The van der Waals surface area contributed by atoms with Crippen LogP contribution in [-0.2, 0) is 4.79 Å². The Morgan fingerprint density at radius 2 is 2.00 bits per heavy atom. The molecule has 0 aromatic rings. The summed E-state index contributed by atoms with van der Waals surface area (Å²) in [7, 11) is 0. The van der Waals surface area contributed by atoms with Gasteiger partial charge in [-0.2, -0.15) is 0 Å². The van der Waals surface area contributed by atoms with Gasteiger partial charge in [-0.1, -0.05) is 20.3 Å². The molecule has 2 N–H and O–H groups in total. The maximum absolute atomic E-state index is 12.0. The van der Waals surface area contributed by atoms with Crippen molar-refractivity contribution in [1.29, 1.82) is 0 Å². The second kappa shape index (κ2) is 6.61. The molecule has 0 aromatic heterocycles. The normalized spacial score (nSPS) is 17.9. The lowest BCUT2D eigenvalue weighted by Gasteiger charge is -2.26. The highest BCUT2D eigenvalue weighted by Gasteiger charge is 2.30. The van der Waals surface area contributed by atoms with Gasteiger partial charge in [-0.15, -0.1) is 0 Å². The first-order valence-electron chi connectivity index (χ1n) is 6.77. The van der Waals surface area contributed by atoms with E-state index in [0.717, 1.165) is 13.0 Å². The van der Waals surface area contributed by atoms with Gasteiger partial charge in [-0.3, -0.25) is 0 Å². The van der Waals surface area contributed by atoms with Crippen LogP contribution in [0.3, 0.4) is 0 Å². The Kier molecular flexibility index (Phi) is 5.44. The lowest BCUT2D eigenvalue weighted by atomic mass is 9.99. The van der Waals surface area contributed by atoms with E-state index in [1.54, 1.807) is 4.90 Å². The van der Waals surface area contributed by atoms with E-state index >= 15 is 0 Å². The van der Waals surface area contributed by atoms with Crippen LogP contribution < -0.4 is 5.32 Å². The third-order valence-corrected chi connectivity index (χ3v) is 3.60. The Labute approximate surface area is 109 Å². The molecule has 0 aliphatic heterocycles. The highest BCUT2D eigenvalue weighted by Crippen LogP contribution is 2.29. The Balaban J connectivity index is 2.54. The smallest absolute Gasteiger partial charge is 0.326 e. The van der Waals surface area contributed by atoms with Gasteiger partial charge in [0.1, 0.15) is 6.04 Å². The van der Waals surface area contributed by atoms with E-state index < -0.39 is 12.0 Å². The molecule has 0 heterocycles. The average molecular weight is 256 g/mol. The maximum Gasteiger partial charge on any atom is 0.326 e. The lowest BCUT2D eigenvalue weighted by Crippen LogP contribution is -2.51. The fraction of sp³-hybridized carbons (Fsp3) is 0.846. The summed E-state index contributed by atoms with van der Waals surface area (Å²) in [6.45, 7) is 7.05. The number of carboxylic acids is 1. The van der Waals surface area contributed by atoms with Crippen molar-refractivity contribution in [2.75, 3.05) is 13.1 Å². The second-order valence-corrected chi connectivity index (χ2v) is 5.13. The number of hydrogen-bond acceptors (Lipinski definition) is 2. The van der Waals surface area contributed by atoms with Crippen molar-refractivity contribution in [3.8, 4) is 0 Å². The SMILES string of the molecule is CCC(C)[C@H](NC(=O)N(CC)CC1CC1)C(=O)O. The number of urea groups is 1. The summed E-state index contributed by atoms with van der Waals surface area (Å²) in [5.74, 6) is -0.408. The highest BCUT2D eigenvalue weighted by atomic mass is 16.4. The molecule has 2 atom stereocenters. The molecule has 18 heavy (non-hydrogen) atoms. The molecule has 1 saturated carbocycles. The number of rotatable bonds is 7. The first-order chi connectivity index (χ1) is 8.49. The van der Waals surface area contributed by atoms with Gasteiger partial charge in [-0.05, 0) is 31.6 Å². The molecule has 1 aliphatic rings. The zero-order valence-electron chi connectivity index (χ0n) is 11.5. The number of amides is 2. The fourth-order valence-electron chi connectivity index (χ4n) is 1.88. The summed E-state index contributed by atoms with van der Waals surface area (Å²) in [5.41, 5.74) is 0. The average Bonchev–Trinajstić information content (AvgIpc) is 3.15. The maximum atomic E-state index is 12.0. The van der Waals surface area contributed by atoms with Crippen LogP contribution in [-0.4, -0.2) is 41.1 Å². The third kappa shape index (κ3) is 4.20. The first kappa shape index (κ1) is 14.8. The van der Waals surface area contributed by atoms with Crippen LogP contribution in [0, 0.1) is 11.8 Å². The summed E-state index contributed by atoms with van der Waals surface area (Å²) in [6, 6.07) is -1.05. The molecular weight excluding hydrogens is 232 g/mol. The molecule has 5 nitrogen and oxygen atoms in total. The van der Waals surface area contributed by atoms with E-state index in [2.05, 4.69) is 5.32 Å². The molecule has 0 bridgehead atoms. The van der Waals surface area contributed by atoms with Gasteiger partial charge in [0.15, 0.2) is 0 Å². The first-order valence-corrected chi connectivity index (χ1v) is 6.77. The van der Waals surface area contributed by atoms with Crippen LogP contribution in [0.15, 0.2) is 0 Å².